The zero-order chi connectivity index (χ0) is 15.2. The van der Waals surface area contributed by atoms with E-state index in [9.17, 15) is 14.7 Å². The second kappa shape index (κ2) is 7.44. The first kappa shape index (κ1) is 16.7. The van der Waals surface area contributed by atoms with Crippen LogP contribution in [0.2, 0.25) is 0 Å². The maximum atomic E-state index is 12.4. The van der Waals surface area contributed by atoms with Crippen molar-refractivity contribution < 1.29 is 24.2 Å². The summed E-state index contributed by atoms with van der Waals surface area (Å²) in [5.41, 5.74) is -0.843. The molecule has 116 valence electrons. The second-order valence-electron chi connectivity index (χ2n) is 5.29. The van der Waals surface area contributed by atoms with E-state index in [0.717, 1.165) is 0 Å². The van der Waals surface area contributed by atoms with Gasteiger partial charge < -0.3 is 24.4 Å². The number of carboxylic acids is 1. The SMILES string of the molecule is COCCN(CCOC)C(=O)N1CCC(C)(C(=O)O)C1. The molecule has 0 radical (unpaired) electrons. The second-order valence-corrected chi connectivity index (χ2v) is 5.29. The fourth-order valence-electron chi connectivity index (χ4n) is 2.20. The van der Waals surface area contributed by atoms with E-state index in [4.69, 9.17) is 9.47 Å². The van der Waals surface area contributed by atoms with Gasteiger partial charge in [0.2, 0.25) is 0 Å². The molecule has 1 rings (SSSR count). The minimum atomic E-state index is -0.854. The molecule has 1 N–H and O–H groups in total. The lowest BCUT2D eigenvalue weighted by atomic mass is 9.90. The average molecular weight is 288 g/mol. The maximum absolute atomic E-state index is 12.4. The first-order valence-corrected chi connectivity index (χ1v) is 6.69. The van der Waals surface area contributed by atoms with Gasteiger partial charge in [0, 0.05) is 40.4 Å². The highest BCUT2D eigenvalue weighted by atomic mass is 16.5. The molecule has 0 aromatic heterocycles. The Morgan fingerprint density at radius 3 is 2.20 bits per heavy atom. The molecule has 0 saturated carbocycles. The number of ether oxygens (including phenoxy) is 2. The standard InChI is InChI=1S/C13H24N2O5/c1-13(11(16)17)4-5-15(10-13)12(18)14(6-8-19-2)7-9-20-3/h4-10H2,1-3H3,(H,16,17). The van der Waals surface area contributed by atoms with Crippen molar-refractivity contribution in [2.75, 3.05) is 53.6 Å². The van der Waals surface area contributed by atoms with Crippen LogP contribution in [0, 0.1) is 5.41 Å². The van der Waals surface area contributed by atoms with E-state index >= 15 is 0 Å². The highest BCUT2D eigenvalue weighted by molar-refractivity contribution is 5.79. The Bertz CT molecular complexity index is 342. The number of carbonyl (C=O) groups excluding carboxylic acids is 1. The summed E-state index contributed by atoms with van der Waals surface area (Å²) in [5.74, 6) is -0.854. The lowest BCUT2D eigenvalue weighted by Crippen LogP contribution is -2.46. The van der Waals surface area contributed by atoms with Crippen LogP contribution in [0.3, 0.4) is 0 Å². The summed E-state index contributed by atoms with van der Waals surface area (Å²) >= 11 is 0. The topological polar surface area (TPSA) is 79.3 Å². The molecule has 1 unspecified atom stereocenters. The fourth-order valence-corrected chi connectivity index (χ4v) is 2.20. The molecule has 0 spiro atoms. The predicted octanol–water partition coefficient (Wildman–Crippen LogP) is 0.498. The number of likely N-dealkylation sites (tertiary alicyclic amines) is 1. The van der Waals surface area contributed by atoms with Crippen molar-refractivity contribution in [2.45, 2.75) is 13.3 Å². The van der Waals surface area contributed by atoms with Crippen LogP contribution in [-0.4, -0.2) is 80.5 Å². The molecule has 1 atom stereocenters. The van der Waals surface area contributed by atoms with Crippen molar-refractivity contribution in [3.63, 3.8) is 0 Å². The lowest BCUT2D eigenvalue weighted by molar-refractivity contribution is -0.147. The first-order valence-electron chi connectivity index (χ1n) is 6.69. The van der Waals surface area contributed by atoms with E-state index in [0.29, 0.717) is 39.3 Å². The monoisotopic (exact) mass is 288 g/mol. The number of urea groups is 1. The van der Waals surface area contributed by atoms with E-state index in [-0.39, 0.29) is 12.6 Å². The Labute approximate surface area is 119 Å². The predicted molar refractivity (Wildman–Crippen MR) is 72.7 cm³/mol. The first-order chi connectivity index (χ1) is 9.44. The average Bonchev–Trinajstić information content (AvgIpc) is 2.82. The van der Waals surface area contributed by atoms with Gasteiger partial charge in [-0.15, -0.1) is 0 Å². The van der Waals surface area contributed by atoms with Gasteiger partial charge in [-0.25, -0.2) is 4.79 Å². The van der Waals surface area contributed by atoms with Gasteiger partial charge in [0.25, 0.3) is 0 Å². The third-order valence-electron chi connectivity index (χ3n) is 3.66. The number of carbonyl (C=O) groups is 2. The summed E-state index contributed by atoms with van der Waals surface area (Å²) in [4.78, 5) is 26.9. The van der Waals surface area contributed by atoms with Crippen LogP contribution in [0.25, 0.3) is 0 Å². The molecule has 7 heteroatoms. The van der Waals surface area contributed by atoms with Crippen LogP contribution in [0.1, 0.15) is 13.3 Å². The molecular weight excluding hydrogens is 264 g/mol. The van der Waals surface area contributed by atoms with E-state index in [2.05, 4.69) is 0 Å². The number of aliphatic carboxylic acids is 1. The lowest BCUT2D eigenvalue weighted by Gasteiger charge is -2.28. The molecule has 1 fully saturated rings. The van der Waals surface area contributed by atoms with Gasteiger partial charge >= 0.3 is 12.0 Å². The quantitative estimate of drug-likeness (QED) is 0.738. The van der Waals surface area contributed by atoms with E-state index < -0.39 is 11.4 Å². The molecule has 1 saturated heterocycles. The Balaban J connectivity index is 2.63. The van der Waals surface area contributed by atoms with E-state index in [1.54, 1.807) is 30.9 Å². The van der Waals surface area contributed by atoms with Crippen LogP contribution < -0.4 is 0 Å². The third-order valence-corrected chi connectivity index (χ3v) is 3.66. The number of hydrogen-bond donors (Lipinski definition) is 1. The third kappa shape index (κ3) is 4.08. The summed E-state index contributed by atoms with van der Waals surface area (Å²) in [6, 6.07) is -0.149. The highest BCUT2D eigenvalue weighted by Crippen LogP contribution is 2.30. The number of nitrogens with zero attached hydrogens (tertiary/aromatic N) is 2. The molecule has 20 heavy (non-hydrogen) atoms. The normalized spacial score (nSPS) is 22.1. The minimum absolute atomic E-state index is 0.149. The number of carboxylic acid groups (broad SMARTS) is 1. The molecule has 7 nitrogen and oxygen atoms in total. The van der Waals surface area contributed by atoms with Gasteiger partial charge in [0.05, 0.1) is 18.6 Å². The number of rotatable bonds is 7. The molecule has 0 bridgehead atoms. The van der Waals surface area contributed by atoms with Gasteiger partial charge in [0.15, 0.2) is 0 Å². The largest absolute Gasteiger partial charge is 0.481 e. The van der Waals surface area contributed by atoms with Crippen molar-refractivity contribution in [1.82, 2.24) is 9.80 Å². The Morgan fingerprint density at radius 2 is 1.80 bits per heavy atom. The summed E-state index contributed by atoms with van der Waals surface area (Å²) in [6.45, 7) is 4.23. The summed E-state index contributed by atoms with van der Waals surface area (Å²) in [7, 11) is 3.16. The summed E-state index contributed by atoms with van der Waals surface area (Å²) in [5, 5.41) is 9.20. The molecular formula is C13H24N2O5. The molecule has 0 aliphatic carbocycles. The van der Waals surface area contributed by atoms with Crippen LogP contribution in [0.4, 0.5) is 4.79 Å². The smallest absolute Gasteiger partial charge is 0.320 e. The number of methoxy groups -OCH3 is 2. The summed E-state index contributed by atoms with van der Waals surface area (Å²) in [6.07, 6.45) is 0.483. The van der Waals surface area contributed by atoms with Crippen molar-refractivity contribution in [2.24, 2.45) is 5.41 Å². The van der Waals surface area contributed by atoms with E-state index in [1.165, 1.54) is 0 Å². The molecule has 2 amide bonds. The minimum Gasteiger partial charge on any atom is -0.481 e. The Kier molecular flexibility index (Phi) is 6.22. The Hall–Kier alpha value is -1.34. The fraction of sp³-hybridized carbons (Fsp3) is 0.846. The van der Waals surface area contributed by atoms with Crippen molar-refractivity contribution in [3.8, 4) is 0 Å². The van der Waals surface area contributed by atoms with Gasteiger partial charge in [-0.3, -0.25) is 4.79 Å². The van der Waals surface area contributed by atoms with Gasteiger partial charge in [-0.2, -0.15) is 0 Å². The zero-order valence-corrected chi connectivity index (χ0v) is 12.4. The van der Waals surface area contributed by atoms with Gasteiger partial charge in [-0.1, -0.05) is 0 Å². The number of amides is 2. The van der Waals surface area contributed by atoms with Crippen molar-refractivity contribution in [3.05, 3.63) is 0 Å². The van der Waals surface area contributed by atoms with E-state index in [1.807, 2.05) is 0 Å². The highest BCUT2D eigenvalue weighted by Gasteiger charge is 2.42. The number of hydrogen-bond acceptors (Lipinski definition) is 4. The zero-order valence-electron chi connectivity index (χ0n) is 12.4. The molecule has 0 aromatic rings. The molecule has 1 aliphatic heterocycles. The van der Waals surface area contributed by atoms with Gasteiger partial charge in [-0.05, 0) is 13.3 Å². The van der Waals surface area contributed by atoms with Crippen LogP contribution in [0.15, 0.2) is 0 Å². The maximum Gasteiger partial charge on any atom is 0.320 e. The molecule has 1 heterocycles. The molecule has 1 aliphatic rings. The summed E-state index contributed by atoms with van der Waals surface area (Å²) < 4.78 is 9.99. The molecule has 0 aromatic carbocycles. The Morgan fingerprint density at radius 1 is 1.25 bits per heavy atom. The van der Waals surface area contributed by atoms with Crippen LogP contribution in [-0.2, 0) is 14.3 Å². The van der Waals surface area contributed by atoms with Crippen LogP contribution in [0.5, 0.6) is 0 Å². The van der Waals surface area contributed by atoms with Crippen molar-refractivity contribution in [1.29, 1.82) is 0 Å². The van der Waals surface area contributed by atoms with Gasteiger partial charge in [0.1, 0.15) is 0 Å². The van der Waals surface area contributed by atoms with Crippen molar-refractivity contribution >= 4 is 12.0 Å². The van der Waals surface area contributed by atoms with Crippen LogP contribution >= 0.6 is 0 Å².